The molecule has 0 aromatic carbocycles. The highest BCUT2D eigenvalue weighted by Crippen LogP contribution is 2.49. The molecule has 0 amide bonds. The zero-order chi connectivity index (χ0) is 11.7. The summed E-state index contributed by atoms with van der Waals surface area (Å²) in [6.45, 7) is 0. The molecule has 3 rings (SSSR count). The normalized spacial score (nSPS) is 11.8. The van der Waals surface area contributed by atoms with Crippen molar-refractivity contribution in [2.75, 3.05) is 0 Å². The first-order valence-electron chi connectivity index (χ1n) is 5.33. The molecule has 0 bridgehead atoms. The van der Waals surface area contributed by atoms with E-state index in [0.717, 1.165) is 0 Å². The molecule has 0 saturated heterocycles. The SMILES string of the molecule is O=P(n1cccc1)(n1cccc1)n1cccc1. The van der Waals surface area contributed by atoms with Crippen molar-refractivity contribution in [3.63, 3.8) is 0 Å². The van der Waals surface area contributed by atoms with Crippen LogP contribution in [-0.2, 0) is 4.57 Å². The van der Waals surface area contributed by atoms with Gasteiger partial charge in [-0.15, -0.1) is 0 Å². The summed E-state index contributed by atoms with van der Waals surface area (Å²) in [5, 5.41) is 0. The number of hydrogen-bond donors (Lipinski definition) is 0. The Labute approximate surface area is 99.3 Å². The third kappa shape index (κ3) is 1.49. The molecule has 0 fully saturated rings. The monoisotopic (exact) mass is 245 g/mol. The van der Waals surface area contributed by atoms with Gasteiger partial charge in [0.25, 0.3) is 0 Å². The maximum absolute atomic E-state index is 13.3. The topological polar surface area (TPSA) is 31.9 Å². The maximum Gasteiger partial charge on any atom is 0.370 e. The molecule has 0 unspecified atom stereocenters. The third-order valence-corrected chi connectivity index (χ3v) is 5.27. The second kappa shape index (κ2) is 3.82. The van der Waals surface area contributed by atoms with E-state index in [4.69, 9.17) is 0 Å². The predicted octanol–water partition coefficient (Wildman–Crippen LogP) is 3.14. The van der Waals surface area contributed by atoms with Gasteiger partial charge in [0.15, 0.2) is 0 Å². The molecule has 5 heteroatoms. The minimum Gasteiger partial charge on any atom is -0.272 e. The zero-order valence-corrected chi connectivity index (χ0v) is 10.0. The number of nitrogens with zero attached hydrogens (tertiary/aromatic N) is 3. The van der Waals surface area contributed by atoms with Crippen molar-refractivity contribution in [2.24, 2.45) is 0 Å². The van der Waals surface area contributed by atoms with E-state index in [1.54, 1.807) is 13.0 Å². The lowest BCUT2D eigenvalue weighted by molar-refractivity contribution is 0.553. The number of hydrogen-bond acceptors (Lipinski definition) is 1. The van der Waals surface area contributed by atoms with E-state index in [-0.39, 0.29) is 0 Å². The van der Waals surface area contributed by atoms with Crippen molar-refractivity contribution < 1.29 is 4.57 Å². The van der Waals surface area contributed by atoms with E-state index in [2.05, 4.69) is 0 Å². The Morgan fingerprint density at radius 3 is 1.00 bits per heavy atom. The fraction of sp³-hybridized carbons (Fsp3) is 0. The summed E-state index contributed by atoms with van der Waals surface area (Å²) in [4.78, 5) is 0. The lowest BCUT2D eigenvalue weighted by Gasteiger charge is -2.22. The highest BCUT2D eigenvalue weighted by Gasteiger charge is 2.26. The third-order valence-electron chi connectivity index (χ3n) is 2.67. The van der Waals surface area contributed by atoms with Crippen LogP contribution in [0.2, 0.25) is 0 Å². The van der Waals surface area contributed by atoms with Gasteiger partial charge >= 0.3 is 7.59 Å². The minimum atomic E-state index is -2.88. The standard InChI is InChI=1S/C12H12N3OP/c16-17(13-7-1-2-8-13,14-9-3-4-10-14)15-11-5-6-12-15/h1-12H. The van der Waals surface area contributed by atoms with Gasteiger partial charge in [0.05, 0.1) is 0 Å². The molecule has 0 radical (unpaired) electrons. The van der Waals surface area contributed by atoms with Crippen molar-refractivity contribution in [3.05, 3.63) is 73.6 Å². The van der Waals surface area contributed by atoms with Crippen LogP contribution in [0.1, 0.15) is 0 Å². The van der Waals surface area contributed by atoms with E-state index in [0.29, 0.717) is 0 Å². The summed E-state index contributed by atoms with van der Waals surface area (Å²) >= 11 is 0. The summed E-state index contributed by atoms with van der Waals surface area (Å²) < 4.78 is 18.5. The fourth-order valence-electron chi connectivity index (χ4n) is 1.86. The van der Waals surface area contributed by atoms with Crippen LogP contribution in [-0.4, -0.2) is 13.0 Å². The molecule has 0 saturated carbocycles. The lowest BCUT2D eigenvalue weighted by atomic mass is 10.7. The van der Waals surface area contributed by atoms with Gasteiger partial charge in [0.2, 0.25) is 0 Å². The van der Waals surface area contributed by atoms with Gasteiger partial charge in [0, 0.05) is 37.2 Å². The van der Waals surface area contributed by atoms with Gasteiger partial charge in [-0.3, -0.25) is 13.0 Å². The average molecular weight is 245 g/mol. The Hall–Kier alpha value is -1.93. The van der Waals surface area contributed by atoms with Gasteiger partial charge in [-0.1, -0.05) is 0 Å². The van der Waals surface area contributed by atoms with Crippen LogP contribution in [0.15, 0.2) is 73.6 Å². The second-order valence-electron chi connectivity index (χ2n) is 3.70. The van der Waals surface area contributed by atoms with Crippen molar-refractivity contribution in [1.82, 2.24) is 13.0 Å². The number of aromatic nitrogens is 3. The fourth-order valence-corrected chi connectivity index (χ4v) is 4.07. The van der Waals surface area contributed by atoms with E-state index in [9.17, 15) is 4.57 Å². The molecule has 4 nitrogen and oxygen atoms in total. The highest BCUT2D eigenvalue weighted by atomic mass is 31.2. The quantitative estimate of drug-likeness (QED) is 0.652. The average Bonchev–Trinajstić information content (AvgIpc) is 3.10. The molecule has 3 aromatic rings. The first-order valence-corrected chi connectivity index (χ1v) is 6.90. The zero-order valence-electron chi connectivity index (χ0n) is 9.13. The van der Waals surface area contributed by atoms with Crippen LogP contribution >= 0.6 is 7.59 Å². The molecule has 0 spiro atoms. The minimum absolute atomic E-state index is 1.74. The molecule has 0 aliphatic heterocycles. The predicted molar refractivity (Wildman–Crippen MR) is 67.1 cm³/mol. The summed E-state index contributed by atoms with van der Waals surface area (Å²) in [5.74, 6) is 0. The van der Waals surface area contributed by atoms with Crippen molar-refractivity contribution in [1.29, 1.82) is 0 Å². The Kier molecular flexibility index (Phi) is 2.30. The van der Waals surface area contributed by atoms with Gasteiger partial charge in [-0.25, -0.2) is 4.57 Å². The van der Waals surface area contributed by atoms with E-state index < -0.39 is 7.59 Å². The van der Waals surface area contributed by atoms with Gasteiger partial charge in [-0.2, -0.15) is 0 Å². The van der Waals surface area contributed by atoms with Crippen LogP contribution in [0, 0.1) is 0 Å². The summed E-state index contributed by atoms with van der Waals surface area (Å²) in [6, 6.07) is 11.2. The van der Waals surface area contributed by atoms with Crippen molar-refractivity contribution in [3.8, 4) is 0 Å². The van der Waals surface area contributed by atoms with Crippen LogP contribution in [0.3, 0.4) is 0 Å². The summed E-state index contributed by atoms with van der Waals surface area (Å²) in [7, 11) is -2.88. The summed E-state index contributed by atoms with van der Waals surface area (Å²) in [5.41, 5.74) is 0. The summed E-state index contributed by atoms with van der Waals surface area (Å²) in [6.07, 6.45) is 10.9. The van der Waals surface area contributed by atoms with Crippen molar-refractivity contribution in [2.45, 2.75) is 0 Å². The molecule has 17 heavy (non-hydrogen) atoms. The smallest absolute Gasteiger partial charge is 0.272 e. The molecular weight excluding hydrogens is 233 g/mol. The molecule has 0 atom stereocenters. The van der Waals surface area contributed by atoms with Gasteiger partial charge in [-0.05, 0) is 36.4 Å². The van der Waals surface area contributed by atoms with Crippen LogP contribution in [0.5, 0.6) is 0 Å². The first kappa shape index (κ1) is 10.2. The molecule has 3 aromatic heterocycles. The maximum atomic E-state index is 13.3. The molecule has 0 aliphatic carbocycles. The van der Waals surface area contributed by atoms with E-state index >= 15 is 0 Å². The molecule has 86 valence electrons. The van der Waals surface area contributed by atoms with Crippen molar-refractivity contribution >= 4 is 7.59 Å². The Balaban J connectivity index is 2.26. The Bertz CT molecular complexity index is 532. The van der Waals surface area contributed by atoms with E-state index in [1.807, 2.05) is 73.6 Å². The Morgan fingerprint density at radius 1 is 0.529 bits per heavy atom. The van der Waals surface area contributed by atoms with Gasteiger partial charge < -0.3 is 0 Å². The van der Waals surface area contributed by atoms with Crippen LogP contribution in [0.25, 0.3) is 0 Å². The largest absolute Gasteiger partial charge is 0.370 e. The Morgan fingerprint density at radius 2 is 0.765 bits per heavy atom. The van der Waals surface area contributed by atoms with Crippen LogP contribution in [0.4, 0.5) is 0 Å². The molecular formula is C12H12N3OP. The molecule has 0 N–H and O–H groups in total. The number of rotatable bonds is 3. The van der Waals surface area contributed by atoms with E-state index in [1.165, 1.54) is 0 Å². The first-order chi connectivity index (χ1) is 8.32. The molecule has 0 aliphatic rings. The van der Waals surface area contributed by atoms with Crippen LogP contribution < -0.4 is 0 Å². The van der Waals surface area contributed by atoms with Gasteiger partial charge in [0.1, 0.15) is 0 Å². The second-order valence-corrected chi connectivity index (χ2v) is 6.11. The molecule has 3 heterocycles. The highest BCUT2D eigenvalue weighted by molar-refractivity contribution is 7.59. The lowest BCUT2D eigenvalue weighted by Crippen LogP contribution is -2.09.